The number of benzene rings is 2. The minimum atomic E-state index is 0.0358. The highest BCUT2D eigenvalue weighted by Gasteiger charge is 2.29. The van der Waals surface area contributed by atoms with E-state index in [0.29, 0.717) is 5.56 Å². The van der Waals surface area contributed by atoms with Crippen molar-refractivity contribution in [3.05, 3.63) is 88.2 Å². The summed E-state index contributed by atoms with van der Waals surface area (Å²) >= 11 is 6.38. The summed E-state index contributed by atoms with van der Waals surface area (Å²) in [4.78, 5) is 12.9. The van der Waals surface area contributed by atoms with E-state index in [1.54, 1.807) is 7.11 Å². The molecule has 2 heterocycles. The Morgan fingerprint density at radius 3 is 2.56 bits per heavy atom. The van der Waals surface area contributed by atoms with Gasteiger partial charge in [0.25, 0.3) is 0 Å². The molecule has 0 fully saturated rings. The lowest BCUT2D eigenvalue weighted by Gasteiger charge is -2.11. The maximum Gasteiger partial charge on any atom is 0.209 e. The van der Waals surface area contributed by atoms with Gasteiger partial charge in [-0.25, -0.2) is 0 Å². The second-order valence-electron chi connectivity index (χ2n) is 6.22. The second-order valence-corrected chi connectivity index (χ2v) is 6.62. The van der Waals surface area contributed by atoms with E-state index in [0.717, 1.165) is 40.7 Å². The molecule has 0 amide bonds. The monoisotopic (exact) mass is 351 g/mol. The smallest absolute Gasteiger partial charge is 0.209 e. The van der Waals surface area contributed by atoms with Gasteiger partial charge in [0.15, 0.2) is 0 Å². The first-order valence-electron chi connectivity index (χ1n) is 8.31. The molecule has 0 N–H and O–H groups in total. The van der Waals surface area contributed by atoms with Crippen LogP contribution >= 0.6 is 11.6 Å². The van der Waals surface area contributed by atoms with Gasteiger partial charge in [0.05, 0.1) is 12.8 Å². The zero-order chi connectivity index (χ0) is 17.4. The van der Waals surface area contributed by atoms with Crippen LogP contribution in [0.5, 0.6) is 5.75 Å². The minimum absolute atomic E-state index is 0.0358. The number of hydrogen-bond donors (Lipinski definition) is 0. The highest BCUT2D eigenvalue weighted by Crippen LogP contribution is 2.39. The topological polar surface area (TPSA) is 31.2 Å². The summed E-state index contributed by atoms with van der Waals surface area (Å²) in [5, 5.41) is 0.783. The standard InChI is InChI=1S/C21H18ClNO2/c1-25-15-8-6-14(7-9-15)21(24)20-11-10-19-17(12-13-23(19)20)16-4-2-3-5-18(16)22/h2-11,17H,12-13H2,1H3. The van der Waals surface area contributed by atoms with E-state index in [4.69, 9.17) is 16.3 Å². The van der Waals surface area contributed by atoms with Crippen molar-refractivity contribution in [1.29, 1.82) is 0 Å². The van der Waals surface area contributed by atoms with Crippen LogP contribution in [0.3, 0.4) is 0 Å². The van der Waals surface area contributed by atoms with Crippen molar-refractivity contribution in [1.82, 2.24) is 4.57 Å². The average Bonchev–Trinajstić information content (AvgIpc) is 3.24. The van der Waals surface area contributed by atoms with E-state index in [1.165, 1.54) is 0 Å². The first-order valence-corrected chi connectivity index (χ1v) is 8.69. The van der Waals surface area contributed by atoms with Gasteiger partial charge < -0.3 is 9.30 Å². The molecule has 3 aromatic rings. The fourth-order valence-corrected chi connectivity index (χ4v) is 3.87. The van der Waals surface area contributed by atoms with E-state index in [-0.39, 0.29) is 11.7 Å². The van der Waals surface area contributed by atoms with Crippen LogP contribution < -0.4 is 4.74 Å². The SMILES string of the molecule is COc1ccc(C(=O)c2ccc3n2CCC3c2ccccc2Cl)cc1. The van der Waals surface area contributed by atoms with Gasteiger partial charge in [0.2, 0.25) is 5.78 Å². The van der Waals surface area contributed by atoms with E-state index in [2.05, 4.69) is 16.7 Å². The fraction of sp³-hybridized carbons (Fsp3) is 0.190. The van der Waals surface area contributed by atoms with Gasteiger partial charge in [-0.05, 0) is 54.4 Å². The molecule has 1 aliphatic rings. The van der Waals surface area contributed by atoms with Crippen molar-refractivity contribution in [3.63, 3.8) is 0 Å². The van der Waals surface area contributed by atoms with Crippen LogP contribution in [-0.2, 0) is 6.54 Å². The Balaban J connectivity index is 1.67. The van der Waals surface area contributed by atoms with Crippen LogP contribution in [0, 0.1) is 0 Å². The lowest BCUT2D eigenvalue weighted by molar-refractivity contribution is 0.103. The quantitative estimate of drug-likeness (QED) is 0.625. The third-order valence-corrected chi connectivity index (χ3v) is 5.22. The summed E-state index contributed by atoms with van der Waals surface area (Å²) in [7, 11) is 1.62. The predicted molar refractivity (Wildman–Crippen MR) is 98.8 cm³/mol. The third kappa shape index (κ3) is 2.75. The Morgan fingerprint density at radius 2 is 1.84 bits per heavy atom. The summed E-state index contributed by atoms with van der Waals surface area (Å²) in [5.74, 6) is 1.02. The van der Waals surface area contributed by atoms with Gasteiger partial charge in [-0.1, -0.05) is 29.8 Å². The number of nitrogens with zero attached hydrogens (tertiary/aromatic N) is 1. The number of halogens is 1. The molecular formula is C21H18ClNO2. The number of carbonyl (C=O) groups excluding carboxylic acids is 1. The zero-order valence-corrected chi connectivity index (χ0v) is 14.7. The Morgan fingerprint density at radius 1 is 1.08 bits per heavy atom. The molecule has 0 spiro atoms. The van der Waals surface area contributed by atoms with Crippen LogP contribution in [0.15, 0.2) is 60.7 Å². The molecule has 25 heavy (non-hydrogen) atoms. The first-order chi connectivity index (χ1) is 12.2. The summed E-state index contributed by atoms with van der Waals surface area (Å²) in [6.45, 7) is 0.829. The van der Waals surface area contributed by atoms with Gasteiger partial charge >= 0.3 is 0 Å². The molecule has 0 saturated carbocycles. The molecule has 1 unspecified atom stereocenters. The molecule has 3 nitrogen and oxygen atoms in total. The lowest BCUT2D eigenvalue weighted by Crippen LogP contribution is -2.08. The van der Waals surface area contributed by atoms with Crippen molar-refractivity contribution in [2.45, 2.75) is 18.9 Å². The molecule has 0 saturated heterocycles. The Kier molecular flexibility index (Phi) is 4.10. The highest BCUT2D eigenvalue weighted by molar-refractivity contribution is 6.31. The molecule has 0 radical (unpaired) electrons. The number of hydrogen-bond acceptors (Lipinski definition) is 2. The molecule has 1 aromatic heterocycles. The van der Waals surface area contributed by atoms with Crippen molar-refractivity contribution in [3.8, 4) is 5.75 Å². The summed E-state index contributed by atoms with van der Waals surface area (Å²) in [5.41, 5.74) is 3.69. The van der Waals surface area contributed by atoms with Crippen LogP contribution in [0.1, 0.15) is 39.6 Å². The Labute approximate surface area is 151 Å². The maximum atomic E-state index is 12.9. The largest absolute Gasteiger partial charge is 0.497 e. The van der Waals surface area contributed by atoms with E-state index < -0.39 is 0 Å². The lowest BCUT2D eigenvalue weighted by atomic mass is 9.95. The normalized spacial score (nSPS) is 15.8. The molecular weight excluding hydrogens is 334 g/mol. The van der Waals surface area contributed by atoms with Crippen LogP contribution in [0.2, 0.25) is 5.02 Å². The number of carbonyl (C=O) groups is 1. The first kappa shape index (κ1) is 16.0. The summed E-state index contributed by atoms with van der Waals surface area (Å²) in [6.07, 6.45) is 0.961. The Bertz CT molecular complexity index is 927. The molecule has 0 aliphatic carbocycles. The van der Waals surface area contributed by atoms with Gasteiger partial charge in [0, 0.05) is 28.7 Å². The number of ketones is 1. The molecule has 4 heteroatoms. The number of rotatable bonds is 4. The Hall–Kier alpha value is -2.52. The van der Waals surface area contributed by atoms with Crippen LogP contribution in [0.4, 0.5) is 0 Å². The molecule has 126 valence electrons. The van der Waals surface area contributed by atoms with Crippen LogP contribution in [-0.4, -0.2) is 17.5 Å². The van der Waals surface area contributed by atoms with Crippen molar-refractivity contribution in [2.24, 2.45) is 0 Å². The average molecular weight is 352 g/mol. The van der Waals surface area contributed by atoms with Gasteiger partial charge in [-0.3, -0.25) is 4.79 Å². The predicted octanol–water partition coefficient (Wildman–Crippen LogP) is 4.92. The van der Waals surface area contributed by atoms with E-state index in [1.807, 2.05) is 48.5 Å². The van der Waals surface area contributed by atoms with Crippen molar-refractivity contribution in [2.75, 3.05) is 7.11 Å². The maximum absolute atomic E-state index is 12.9. The summed E-state index contributed by atoms with van der Waals surface area (Å²) in [6, 6.07) is 19.2. The molecule has 2 aromatic carbocycles. The number of methoxy groups -OCH3 is 1. The molecule has 4 rings (SSSR count). The minimum Gasteiger partial charge on any atom is -0.497 e. The third-order valence-electron chi connectivity index (χ3n) is 4.88. The molecule has 1 atom stereocenters. The summed E-state index contributed by atoms with van der Waals surface area (Å²) < 4.78 is 7.28. The van der Waals surface area contributed by atoms with Gasteiger partial charge in [0.1, 0.15) is 5.75 Å². The highest BCUT2D eigenvalue weighted by atomic mass is 35.5. The fourth-order valence-electron chi connectivity index (χ4n) is 3.60. The van der Waals surface area contributed by atoms with E-state index in [9.17, 15) is 4.79 Å². The zero-order valence-electron chi connectivity index (χ0n) is 13.9. The van der Waals surface area contributed by atoms with E-state index >= 15 is 0 Å². The number of aromatic nitrogens is 1. The number of ether oxygens (including phenoxy) is 1. The van der Waals surface area contributed by atoms with Crippen molar-refractivity contribution < 1.29 is 9.53 Å². The van der Waals surface area contributed by atoms with Gasteiger partial charge in [-0.2, -0.15) is 0 Å². The molecule has 1 aliphatic heterocycles. The van der Waals surface area contributed by atoms with Gasteiger partial charge in [-0.15, -0.1) is 0 Å². The number of fused-ring (bicyclic) bond motifs is 1. The van der Waals surface area contributed by atoms with Crippen molar-refractivity contribution >= 4 is 17.4 Å². The molecule has 0 bridgehead atoms. The van der Waals surface area contributed by atoms with Crippen LogP contribution in [0.25, 0.3) is 0 Å². The second kappa shape index (κ2) is 6.41.